The van der Waals surface area contributed by atoms with Gasteiger partial charge in [0.2, 0.25) is 0 Å². The van der Waals surface area contributed by atoms with Gasteiger partial charge in [-0.1, -0.05) is 31.5 Å². The Balaban J connectivity index is 2.31. The highest BCUT2D eigenvalue weighted by molar-refractivity contribution is 5.96. The van der Waals surface area contributed by atoms with Crippen molar-refractivity contribution in [3.8, 4) is 0 Å². The number of amides is 1. The second kappa shape index (κ2) is 5.69. The zero-order valence-electron chi connectivity index (χ0n) is 11.1. The molecule has 0 aliphatic rings. The Morgan fingerprint density at radius 1 is 1.37 bits per heavy atom. The number of para-hydroxylation sites is 1. The van der Waals surface area contributed by atoms with E-state index in [1.165, 1.54) is 0 Å². The van der Waals surface area contributed by atoms with Gasteiger partial charge in [-0.05, 0) is 25.5 Å². The van der Waals surface area contributed by atoms with Gasteiger partial charge in [0.05, 0.1) is 0 Å². The molecule has 4 heteroatoms. The first-order valence-electron chi connectivity index (χ1n) is 6.45. The molecule has 19 heavy (non-hydrogen) atoms. The van der Waals surface area contributed by atoms with Crippen molar-refractivity contribution in [2.45, 2.75) is 32.7 Å². The lowest BCUT2D eigenvalue weighted by Gasteiger charge is -2.12. The lowest BCUT2D eigenvalue weighted by molar-refractivity contribution is 0.0935. The lowest BCUT2D eigenvalue weighted by Crippen LogP contribution is -2.35. The molecule has 1 atom stereocenters. The van der Waals surface area contributed by atoms with E-state index >= 15 is 0 Å². The normalized spacial score (nSPS) is 12.3. The zero-order valence-corrected chi connectivity index (χ0v) is 11.1. The number of hydrogen-bond donors (Lipinski definition) is 1. The highest BCUT2D eigenvalue weighted by atomic mass is 16.4. The monoisotopic (exact) mass is 259 g/mol. The fourth-order valence-corrected chi connectivity index (χ4v) is 2.03. The molecule has 4 nitrogen and oxygen atoms in total. The van der Waals surface area contributed by atoms with Gasteiger partial charge >= 0.3 is 5.63 Å². The maximum absolute atomic E-state index is 12.0. The molecule has 2 rings (SSSR count). The molecule has 1 amide bonds. The largest absolute Gasteiger partial charge is 0.422 e. The number of fused-ring (bicyclic) bond motifs is 1. The molecular formula is C15H17NO3. The van der Waals surface area contributed by atoms with Crippen molar-refractivity contribution < 1.29 is 9.21 Å². The van der Waals surface area contributed by atoms with E-state index in [1.807, 2.05) is 26.0 Å². The van der Waals surface area contributed by atoms with Gasteiger partial charge in [0, 0.05) is 11.4 Å². The Morgan fingerprint density at radius 2 is 2.11 bits per heavy atom. The Bertz CT molecular complexity index is 645. The van der Waals surface area contributed by atoms with Crippen molar-refractivity contribution in [2.75, 3.05) is 0 Å². The van der Waals surface area contributed by atoms with Crippen LogP contribution in [-0.4, -0.2) is 11.9 Å². The molecule has 0 fully saturated rings. The van der Waals surface area contributed by atoms with E-state index in [4.69, 9.17) is 4.42 Å². The van der Waals surface area contributed by atoms with Crippen LogP contribution in [-0.2, 0) is 0 Å². The van der Waals surface area contributed by atoms with Crippen molar-refractivity contribution in [3.05, 3.63) is 46.3 Å². The van der Waals surface area contributed by atoms with E-state index in [-0.39, 0.29) is 17.5 Å². The summed E-state index contributed by atoms with van der Waals surface area (Å²) in [5.74, 6) is -0.375. The van der Waals surface area contributed by atoms with E-state index in [2.05, 4.69) is 5.32 Å². The van der Waals surface area contributed by atoms with Gasteiger partial charge in [-0.2, -0.15) is 0 Å². The fourth-order valence-electron chi connectivity index (χ4n) is 2.03. The molecule has 0 saturated carbocycles. The van der Waals surface area contributed by atoms with Crippen LogP contribution < -0.4 is 10.9 Å². The van der Waals surface area contributed by atoms with Crippen LogP contribution in [0.15, 0.2) is 39.5 Å². The predicted octanol–water partition coefficient (Wildman–Crippen LogP) is 2.71. The van der Waals surface area contributed by atoms with Crippen molar-refractivity contribution in [3.63, 3.8) is 0 Å². The van der Waals surface area contributed by atoms with Crippen molar-refractivity contribution >= 4 is 16.9 Å². The summed E-state index contributed by atoms with van der Waals surface area (Å²) in [6.45, 7) is 3.97. The number of hydrogen-bond acceptors (Lipinski definition) is 3. The SMILES string of the molecule is CCC[C@@H](C)NC(=O)c1cc2ccccc2oc1=O. The van der Waals surface area contributed by atoms with Gasteiger partial charge in [-0.15, -0.1) is 0 Å². The number of rotatable bonds is 4. The smallest absolute Gasteiger partial charge is 0.349 e. The van der Waals surface area contributed by atoms with Gasteiger partial charge < -0.3 is 9.73 Å². The highest BCUT2D eigenvalue weighted by Crippen LogP contribution is 2.12. The summed E-state index contributed by atoms with van der Waals surface area (Å²) in [6, 6.07) is 8.76. The summed E-state index contributed by atoms with van der Waals surface area (Å²) in [4.78, 5) is 23.8. The molecule has 100 valence electrons. The van der Waals surface area contributed by atoms with Crippen LogP contribution in [0.1, 0.15) is 37.0 Å². The molecule has 1 heterocycles. The third kappa shape index (κ3) is 3.02. The number of nitrogens with one attached hydrogen (secondary N) is 1. The maximum atomic E-state index is 12.0. The maximum Gasteiger partial charge on any atom is 0.349 e. The van der Waals surface area contributed by atoms with Crippen molar-refractivity contribution in [1.29, 1.82) is 0 Å². The minimum absolute atomic E-state index is 0.0448. The van der Waals surface area contributed by atoms with Gasteiger partial charge in [0.1, 0.15) is 11.1 Å². The lowest BCUT2D eigenvalue weighted by atomic mass is 10.1. The van der Waals surface area contributed by atoms with Crippen LogP contribution in [0.3, 0.4) is 0 Å². The number of carbonyl (C=O) groups excluding carboxylic acids is 1. The summed E-state index contributed by atoms with van der Waals surface area (Å²) in [6.07, 6.45) is 1.86. The molecule has 0 aliphatic heterocycles. The summed E-state index contributed by atoms with van der Waals surface area (Å²) in [5.41, 5.74) is -0.0489. The average molecular weight is 259 g/mol. The van der Waals surface area contributed by atoms with Gasteiger partial charge in [0.15, 0.2) is 0 Å². The molecule has 1 aromatic heterocycles. The Morgan fingerprint density at radius 3 is 2.84 bits per heavy atom. The minimum Gasteiger partial charge on any atom is -0.422 e. The summed E-state index contributed by atoms with van der Waals surface area (Å²) in [7, 11) is 0. The first kappa shape index (κ1) is 13.3. The molecule has 0 radical (unpaired) electrons. The third-order valence-corrected chi connectivity index (χ3v) is 2.99. The molecule has 0 unspecified atom stereocenters. The van der Waals surface area contributed by atoms with Gasteiger partial charge in [-0.3, -0.25) is 4.79 Å². The summed E-state index contributed by atoms with van der Waals surface area (Å²) < 4.78 is 5.14. The van der Waals surface area contributed by atoms with E-state index in [1.54, 1.807) is 18.2 Å². The van der Waals surface area contributed by atoms with E-state index in [9.17, 15) is 9.59 Å². The second-order valence-corrected chi connectivity index (χ2v) is 4.65. The predicted molar refractivity (Wildman–Crippen MR) is 74.3 cm³/mol. The van der Waals surface area contributed by atoms with Crippen molar-refractivity contribution in [1.82, 2.24) is 5.32 Å². The molecule has 0 aliphatic carbocycles. The molecular weight excluding hydrogens is 242 g/mol. The van der Waals surface area contributed by atoms with Crippen LogP contribution in [0.5, 0.6) is 0 Å². The van der Waals surface area contributed by atoms with Crippen LogP contribution in [0.25, 0.3) is 11.0 Å². The van der Waals surface area contributed by atoms with Crippen molar-refractivity contribution in [2.24, 2.45) is 0 Å². The Labute approximate surface area is 111 Å². The second-order valence-electron chi connectivity index (χ2n) is 4.65. The summed E-state index contributed by atoms with van der Waals surface area (Å²) in [5, 5.41) is 3.55. The highest BCUT2D eigenvalue weighted by Gasteiger charge is 2.15. The first-order valence-corrected chi connectivity index (χ1v) is 6.45. The minimum atomic E-state index is -0.597. The Kier molecular flexibility index (Phi) is 4.00. The van der Waals surface area contributed by atoms with Crippen LogP contribution in [0.2, 0.25) is 0 Å². The molecule has 2 aromatic rings. The molecule has 1 N–H and O–H groups in total. The topological polar surface area (TPSA) is 59.3 Å². The average Bonchev–Trinajstić information content (AvgIpc) is 2.38. The molecule has 0 saturated heterocycles. The summed E-state index contributed by atoms with van der Waals surface area (Å²) >= 11 is 0. The van der Waals surface area contributed by atoms with E-state index in [0.29, 0.717) is 5.58 Å². The van der Waals surface area contributed by atoms with Gasteiger partial charge in [-0.25, -0.2) is 4.79 Å². The number of carbonyl (C=O) groups is 1. The first-order chi connectivity index (χ1) is 9.11. The molecule has 0 bridgehead atoms. The third-order valence-electron chi connectivity index (χ3n) is 2.99. The number of benzene rings is 1. The Hall–Kier alpha value is -2.10. The van der Waals surface area contributed by atoms with E-state index in [0.717, 1.165) is 18.2 Å². The standard InChI is InChI=1S/C15H17NO3/c1-3-6-10(2)16-14(17)12-9-11-7-4-5-8-13(11)19-15(12)18/h4-5,7-10H,3,6H2,1-2H3,(H,16,17)/t10-/m1/s1. The van der Waals surface area contributed by atoms with Gasteiger partial charge in [0.25, 0.3) is 5.91 Å². The fraction of sp³-hybridized carbons (Fsp3) is 0.333. The van der Waals surface area contributed by atoms with Crippen LogP contribution >= 0.6 is 0 Å². The molecule has 1 aromatic carbocycles. The van der Waals surface area contributed by atoms with E-state index < -0.39 is 5.63 Å². The van der Waals surface area contributed by atoms with Crippen LogP contribution in [0.4, 0.5) is 0 Å². The quantitative estimate of drug-likeness (QED) is 0.859. The van der Waals surface area contributed by atoms with Crippen LogP contribution in [0, 0.1) is 0 Å². The molecule has 0 spiro atoms. The zero-order chi connectivity index (χ0) is 13.8.